The Morgan fingerprint density at radius 1 is 0.420 bits per heavy atom. The number of hydrogen-bond donors (Lipinski definition) is 0. The van der Waals surface area contributed by atoms with E-state index < -0.39 is 5.54 Å². The molecule has 0 amide bonds. The molecule has 3 aliphatic heterocycles. The fourth-order valence-electron chi connectivity index (χ4n) is 13.0. The van der Waals surface area contributed by atoms with Crippen molar-refractivity contribution in [2.75, 3.05) is 14.7 Å². The van der Waals surface area contributed by atoms with E-state index >= 15 is 0 Å². The van der Waals surface area contributed by atoms with Crippen LogP contribution < -0.4 is 31.1 Å². The zero-order chi connectivity index (χ0) is 47.8. The van der Waals surface area contributed by atoms with Crippen LogP contribution in [0.1, 0.15) is 115 Å². The van der Waals surface area contributed by atoms with E-state index in [2.05, 4.69) is 266 Å². The van der Waals surface area contributed by atoms with Crippen LogP contribution in [0.25, 0.3) is 0 Å². The summed E-state index contributed by atoms with van der Waals surface area (Å²) in [6, 6.07) is 70.5. The minimum Gasteiger partial charge on any atom is -0.330 e. The number of rotatable bonds is 4. The summed E-state index contributed by atoms with van der Waals surface area (Å²) in [5.74, 6) is 0. The fourth-order valence-corrected chi connectivity index (χ4v) is 13.0. The first-order chi connectivity index (χ1) is 33.0. The van der Waals surface area contributed by atoms with Crippen LogP contribution in [0.3, 0.4) is 0 Å². The van der Waals surface area contributed by atoms with Crippen molar-refractivity contribution in [3.8, 4) is 0 Å². The van der Waals surface area contributed by atoms with Crippen LogP contribution in [0.4, 0.5) is 45.5 Å². The maximum atomic E-state index is 2.79. The van der Waals surface area contributed by atoms with Gasteiger partial charge in [0.1, 0.15) is 0 Å². The van der Waals surface area contributed by atoms with Crippen LogP contribution in [-0.2, 0) is 33.6 Å². The Morgan fingerprint density at radius 3 is 1.59 bits per heavy atom. The van der Waals surface area contributed by atoms with Crippen LogP contribution in [0.2, 0.25) is 0 Å². The Bertz CT molecular complexity index is 3320. The Kier molecular flexibility index (Phi) is 9.53. The van der Waals surface area contributed by atoms with Crippen LogP contribution in [0, 0.1) is 0 Å². The number of fused-ring (bicyclic) bond motifs is 9. The molecule has 4 heteroatoms. The lowest BCUT2D eigenvalue weighted by molar-refractivity contribution is 0.270. The third-order valence-corrected chi connectivity index (χ3v) is 16.5. The van der Waals surface area contributed by atoms with Gasteiger partial charge in [0.25, 0.3) is 6.71 Å². The Labute approximate surface area is 411 Å². The van der Waals surface area contributed by atoms with Crippen molar-refractivity contribution in [2.24, 2.45) is 0 Å². The predicted octanol–water partition coefficient (Wildman–Crippen LogP) is 15.0. The van der Waals surface area contributed by atoms with Gasteiger partial charge in [-0.3, -0.25) is 0 Å². The maximum Gasteiger partial charge on any atom is 0.252 e. The van der Waals surface area contributed by atoms with E-state index in [1.54, 1.807) is 0 Å². The monoisotopic (exact) mass is 898 g/mol. The molecule has 12 rings (SSSR count). The molecule has 0 saturated carbocycles. The Hall–Kier alpha value is -6.78. The lowest BCUT2D eigenvalue weighted by atomic mass is 9.33. The average Bonchev–Trinajstić information content (AvgIpc) is 3.58. The molecule has 8 aromatic carbocycles. The van der Waals surface area contributed by atoms with E-state index in [0.717, 1.165) is 18.5 Å². The molecule has 0 fully saturated rings. The highest BCUT2D eigenvalue weighted by Crippen LogP contribution is 2.67. The molecule has 0 bridgehead atoms. The molecule has 8 aromatic rings. The fraction of sp³-hybridized carbons (Fsp3) is 0.262. The molecule has 0 radical (unpaired) electrons. The summed E-state index contributed by atoms with van der Waals surface area (Å²) in [5.41, 5.74) is 22.5. The minimum absolute atomic E-state index is 0.0113. The van der Waals surface area contributed by atoms with Gasteiger partial charge in [0, 0.05) is 45.5 Å². The number of aryl methyl sites for hydroxylation is 1. The highest BCUT2D eigenvalue weighted by atomic mass is 15.3. The number of benzene rings is 8. The molecule has 2 atom stereocenters. The van der Waals surface area contributed by atoms with Crippen molar-refractivity contribution in [3.63, 3.8) is 0 Å². The molecule has 342 valence electrons. The number of anilines is 8. The topological polar surface area (TPSA) is 9.72 Å². The second-order valence-electron chi connectivity index (χ2n) is 23.5. The third kappa shape index (κ3) is 6.33. The highest BCUT2D eigenvalue weighted by Gasteiger charge is 2.63. The van der Waals surface area contributed by atoms with Crippen molar-refractivity contribution in [3.05, 3.63) is 221 Å². The number of para-hydroxylation sites is 2. The van der Waals surface area contributed by atoms with Gasteiger partial charge in [0.2, 0.25) is 0 Å². The quantitative estimate of drug-likeness (QED) is 0.163. The molecule has 0 saturated heterocycles. The first-order valence-corrected chi connectivity index (χ1v) is 25.3. The van der Waals surface area contributed by atoms with Crippen LogP contribution in [0.5, 0.6) is 0 Å². The van der Waals surface area contributed by atoms with Gasteiger partial charge < -0.3 is 14.7 Å². The van der Waals surface area contributed by atoms with Gasteiger partial charge in [-0.1, -0.05) is 190 Å². The zero-order valence-corrected chi connectivity index (χ0v) is 42.2. The normalized spacial score (nSPS) is 19.0. The molecule has 0 N–H and O–H groups in total. The summed E-state index contributed by atoms with van der Waals surface area (Å²) >= 11 is 0. The molecular formula is C65H64BN3. The molecule has 4 aliphatic rings. The second-order valence-corrected chi connectivity index (χ2v) is 23.5. The molecular weight excluding hydrogens is 834 g/mol. The van der Waals surface area contributed by atoms with E-state index in [1.165, 1.54) is 95.1 Å². The largest absolute Gasteiger partial charge is 0.330 e. The van der Waals surface area contributed by atoms with Crippen LogP contribution in [-0.4, -0.2) is 6.71 Å². The van der Waals surface area contributed by atoms with Crippen molar-refractivity contribution >= 4 is 68.6 Å². The van der Waals surface area contributed by atoms with Crippen molar-refractivity contribution in [1.29, 1.82) is 0 Å². The van der Waals surface area contributed by atoms with Gasteiger partial charge in [-0.2, -0.15) is 0 Å². The SMILES string of the molecule is CC(C)(C)c1ccc(N2c3ccc(C(C)(C)C)cc3B3c4ccccc4N(c4ccccc4)c4cc(N5c6ccc(C(C)(C)C)cc6C6(c7ccccc7)CCc7ccccc7C56C)cc2c43)cc1. The van der Waals surface area contributed by atoms with Crippen LogP contribution >= 0.6 is 0 Å². The number of hydrogen-bond acceptors (Lipinski definition) is 3. The van der Waals surface area contributed by atoms with Gasteiger partial charge in [-0.05, 0) is 146 Å². The molecule has 1 aliphatic carbocycles. The maximum absolute atomic E-state index is 2.79. The smallest absolute Gasteiger partial charge is 0.252 e. The van der Waals surface area contributed by atoms with Crippen LogP contribution in [0.15, 0.2) is 182 Å². The molecule has 3 heterocycles. The lowest BCUT2D eigenvalue weighted by Crippen LogP contribution is -2.61. The van der Waals surface area contributed by atoms with E-state index in [1.807, 2.05) is 0 Å². The predicted molar refractivity (Wildman–Crippen MR) is 294 cm³/mol. The Morgan fingerprint density at radius 2 is 0.942 bits per heavy atom. The van der Waals surface area contributed by atoms with E-state index in [0.29, 0.717) is 0 Å². The van der Waals surface area contributed by atoms with E-state index in [9.17, 15) is 0 Å². The molecule has 2 unspecified atom stereocenters. The van der Waals surface area contributed by atoms with Gasteiger partial charge in [0.05, 0.1) is 11.0 Å². The Balaban J connectivity index is 1.23. The van der Waals surface area contributed by atoms with Gasteiger partial charge >= 0.3 is 0 Å². The van der Waals surface area contributed by atoms with E-state index in [-0.39, 0.29) is 28.4 Å². The second kappa shape index (κ2) is 15.1. The van der Waals surface area contributed by atoms with Gasteiger partial charge in [0.15, 0.2) is 0 Å². The molecule has 69 heavy (non-hydrogen) atoms. The average molecular weight is 898 g/mol. The summed E-state index contributed by atoms with van der Waals surface area (Å²) < 4.78 is 0. The summed E-state index contributed by atoms with van der Waals surface area (Å²) in [4.78, 5) is 7.95. The first-order valence-electron chi connectivity index (χ1n) is 25.3. The standard InChI is InChI=1S/C65H64BN3/c1-61(2,3)44-29-33-49(34-30-44)68-57-36-32-47(63(7,8)9)40-54(57)66-53-27-19-20-28-56(53)67(48-24-15-12-16-25-48)58-41-50(42-59(68)60(58)66)69-55-35-31-46(62(4,5)6)39-52(55)65(45-22-13-11-14-23-45)38-37-43-21-17-18-26-51(43)64(65,69)10/h11-36,39-42H,37-38H2,1-10H3. The van der Waals surface area contributed by atoms with Crippen molar-refractivity contribution < 1.29 is 0 Å². The molecule has 0 spiro atoms. The van der Waals surface area contributed by atoms with E-state index in [4.69, 9.17) is 0 Å². The highest BCUT2D eigenvalue weighted by molar-refractivity contribution is 7.00. The summed E-state index contributed by atoms with van der Waals surface area (Å²) in [6.07, 6.45) is 2.01. The summed E-state index contributed by atoms with van der Waals surface area (Å²) in [5, 5.41) is 0. The summed E-state index contributed by atoms with van der Waals surface area (Å²) in [6.45, 7) is 23.6. The number of nitrogens with zero attached hydrogens (tertiary/aromatic N) is 3. The minimum atomic E-state index is -0.500. The van der Waals surface area contributed by atoms with Gasteiger partial charge in [-0.25, -0.2) is 0 Å². The van der Waals surface area contributed by atoms with Crippen molar-refractivity contribution in [2.45, 2.75) is 109 Å². The zero-order valence-electron chi connectivity index (χ0n) is 42.2. The third-order valence-electron chi connectivity index (χ3n) is 16.5. The first kappa shape index (κ1) is 43.5. The lowest BCUT2D eigenvalue weighted by Gasteiger charge is -2.53. The van der Waals surface area contributed by atoms with Crippen molar-refractivity contribution in [1.82, 2.24) is 0 Å². The van der Waals surface area contributed by atoms with Gasteiger partial charge in [-0.15, -0.1) is 0 Å². The molecule has 0 aromatic heterocycles. The molecule has 3 nitrogen and oxygen atoms in total. The summed E-state index contributed by atoms with van der Waals surface area (Å²) in [7, 11) is 0.